The van der Waals surface area contributed by atoms with Crippen molar-refractivity contribution < 1.29 is 0 Å². The highest BCUT2D eigenvalue weighted by Gasteiger charge is 2.13. The van der Waals surface area contributed by atoms with Crippen molar-refractivity contribution in [3.8, 4) is 0 Å². The van der Waals surface area contributed by atoms with E-state index in [4.69, 9.17) is 11.6 Å². The summed E-state index contributed by atoms with van der Waals surface area (Å²) >= 11 is 6.37. The molecule has 0 bridgehead atoms. The van der Waals surface area contributed by atoms with Gasteiger partial charge in [0, 0.05) is 19.1 Å². The summed E-state index contributed by atoms with van der Waals surface area (Å²) in [6.07, 6.45) is 1.13. The molecule has 0 saturated carbocycles. The quantitative estimate of drug-likeness (QED) is 0.833. The number of benzene rings is 1. The summed E-state index contributed by atoms with van der Waals surface area (Å²) < 4.78 is 0. The fourth-order valence-electron chi connectivity index (χ4n) is 2.00. The minimum atomic E-state index is 0.475. The van der Waals surface area contributed by atoms with Gasteiger partial charge in [0.25, 0.3) is 0 Å². The van der Waals surface area contributed by atoms with Crippen LogP contribution in [0.25, 0.3) is 0 Å². The van der Waals surface area contributed by atoms with Crippen molar-refractivity contribution in [3.05, 3.63) is 28.8 Å². The molecule has 0 fully saturated rings. The van der Waals surface area contributed by atoms with Crippen molar-refractivity contribution in [1.82, 2.24) is 5.32 Å². The molecule has 0 radical (unpaired) electrons. The Hall–Kier alpha value is -0.730. The summed E-state index contributed by atoms with van der Waals surface area (Å²) in [5.41, 5.74) is 2.37. The predicted octanol–water partition coefficient (Wildman–Crippen LogP) is 3.68. The zero-order valence-electron chi connectivity index (χ0n) is 11.3. The first-order valence-corrected chi connectivity index (χ1v) is 6.67. The minimum Gasteiger partial charge on any atom is -0.368 e. The molecular formula is C14H23ClN2. The number of rotatable bonds is 6. The molecule has 0 amide bonds. The Morgan fingerprint density at radius 1 is 1.35 bits per heavy atom. The van der Waals surface area contributed by atoms with E-state index in [1.807, 2.05) is 7.05 Å². The first-order chi connectivity index (χ1) is 8.10. The van der Waals surface area contributed by atoms with Crippen LogP contribution >= 0.6 is 11.6 Å². The lowest BCUT2D eigenvalue weighted by Gasteiger charge is -2.29. The van der Waals surface area contributed by atoms with Crippen LogP contribution in [0.15, 0.2) is 18.2 Å². The molecule has 0 heterocycles. The van der Waals surface area contributed by atoms with Crippen molar-refractivity contribution in [2.45, 2.75) is 39.8 Å². The monoisotopic (exact) mass is 254 g/mol. The molecular weight excluding hydrogens is 232 g/mol. The van der Waals surface area contributed by atoms with E-state index in [2.05, 4.69) is 49.2 Å². The van der Waals surface area contributed by atoms with Gasteiger partial charge in [0.15, 0.2) is 0 Å². The van der Waals surface area contributed by atoms with Crippen molar-refractivity contribution in [3.63, 3.8) is 0 Å². The minimum absolute atomic E-state index is 0.475. The second-order valence-electron chi connectivity index (χ2n) is 4.60. The number of hydrogen-bond acceptors (Lipinski definition) is 2. The van der Waals surface area contributed by atoms with Gasteiger partial charge in [-0.15, -0.1) is 0 Å². The van der Waals surface area contributed by atoms with Gasteiger partial charge in [-0.25, -0.2) is 0 Å². The van der Waals surface area contributed by atoms with E-state index >= 15 is 0 Å². The maximum atomic E-state index is 6.37. The van der Waals surface area contributed by atoms with Crippen LogP contribution in [0.5, 0.6) is 0 Å². The zero-order chi connectivity index (χ0) is 12.8. The number of nitrogens with zero attached hydrogens (tertiary/aromatic N) is 1. The summed E-state index contributed by atoms with van der Waals surface area (Å²) in [6.45, 7) is 8.50. The molecule has 0 aliphatic heterocycles. The Kier molecular flexibility index (Phi) is 5.79. The van der Waals surface area contributed by atoms with Crippen LogP contribution in [-0.2, 0) is 6.54 Å². The third-order valence-corrected chi connectivity index (χ3v) is 3.09. The van der Waals surface area contributed by atoms with Crippen LogP contribution in [0.4, 0.5) is 5.69 Å². The molecule has 1 N–H and O–H groups in total. The molecule has 0 aromatic heterocycles. The van der Waals surface area contributed by atoms with Gasteiger partial charge in [-0.1, -0.05) is 24.6 Å². The van der Waals surface area contributed by atoms with E-state index in [9.17, 15) is 0 Å². The number of hydrogen-bond donors (Lipinski definition) is 1. The van der Waals surface area contributed by atoms with E-state index < -0.39 is 0 Å². The molecule has 2 nitrogen and oxygen atoms in total. The largest absolute Gasteiger partial charge is 0.368 e. The van der Waals surface area contributed by atoms with Crippen LogP contribution < -0.4 is 10.2 Å². The topological polar surface area (TPSA) is 15.3 Å². The predicted molar refractivity (Wildman–Crippen MR) is 77.0 cm³/mol. The SMILES string of the molecule is CCCN(c1ccc(CNC)cc1Cl)C(C)C. The van der Waals surface area contributed by atoms with E-state index in [-0.39, 0.29) is 0 Å². The molecule has 0 spiro atoms. The lowest BCUT2D eigenvalue weighted by molar-refractivity contribution is 0.671. The highest BCUT2D eigenvalue weighted by atomic mass is 35.5. The average Bonchev–Trinajstić information content (AvgIpc) is 2.27. The Balaban J connectivity index is 2.95. The Morgan fingerprint density at radius 3 is 2.53 bits per heavy atom. The molecule has 1 aromatic rings. The maximum Gasteiger partial charge on any atom is 0.0642 e. The van der Waals surface area contributed by atoms with Crippen molar-refractivity contribution >= 4 is 17.3 Å². The summed E-state index contributed by atoms with van der Waals surface area (Å²) in [5, 5.41) is 3.98. The van der Waals surface area contributed by atoms with Crippen molar-refractivity contribution in [2.75, 3.05) is 18.5 Å². The molecule has 0 saturated heterocycles. The smallest absolute Gasteiger partial charge is 0.0642 e. The molecule has 96 valence electrons. The van der Waals surface area contributed by atoms with Gasteiger partial charge >= 0.3 is 0 Å². The first-order valence-electron chi connectivity index (χ1n) is 6.29. The summed E-state index contributed by atoms with van der Waals surface area (Å²) in [7, 11) is 1.94. The third kappa shape index (κ3) is 3.90. The average molecular weight is 255 g/mol. The number of halogens is 1. The van der Waals surface area contributed by atoms with E-state index in [0.717, 1.165) is 30.2 Å². The molecule has 1 aromatic carbocycles. The second kappa shape index (κ2) is 6.87. The molecule has 3 heteroatoms. The van der Waals surface area contributed by atoms with Crippen molar-refractivity contribution in [2.24, 2.45) is 0 Å². The molecule has 0 aliphatic rings. The normalized spacial score (nSPS) is 10.9. The summed E-state index contributed by atoms with van der Waals surface area (Å²) in [6, 6.07) is 6.80. The lowest BCUT2D eigenvalue weighted by atomic mass is 10.1. The molecule has 0 aliphatic carbocycles. The number of nitrogens with one attached hydrogen (secondary N) is 1. The highest BCUT2D eigenvalue weighted by molar-refractivity contribution is 6.33. The number of anilines is 1. The highest BCUT2D eigenvalue weighted by Crippen LogP contribution is 2.28. The Labute approximate surface area is 110 Å². The maximum absolute atomic E-state index is 6.37. The molecule has 0 atom stereocenters. The first kappa shape index (κ1) is 14.3. The van der Waals surface area contributed by atoms with Gasteiger partial charge < -0.3 is 10.2 Å². The Morgan fingerprint density at radius 2 is 2.06 bits per heavy atom. The summed E-state index contributed by atoms with van der Waals surface area (Å²) in [5.74, 6) is 0. The Bertz CT molecular complexity index is 350. The van der Waals surface area contributed by atoms with Gasteiger partial charge in [0.1, 0.15) is 0 Å². The second-order valence-corrected chi connectivity index (χ2v) is 5.01. The zero-order valence-corrected chi connectivity index (χ0v) is 12.0. The van der Waals surface area contributed by atoms with Crippen LogP contribution in [0, 0.1) is 0 Å². The summed E-state index contributed by atoms with van der Waals surface area (Å²) in [4.78, 5) is 2.35. The third-order valence-electron chi connectivity index (χ3n) is 2.79. The van der Waals surface area contributed by atoms with E-state index in [0.29, 0.717) is 6.04 Å². The van der Waals surface area contributed by atoms with Gasteiger partial charge in [0.05, 0.1) is 10.7 Å². The fraction of sp³-hybridized carbons (Fsp3) is 0.571. The van der Waals surface area contributed by atoms with E-state index in [1.54, 1.807) is 0 Å². The van der Waals surface area contributed by atoms with Crippen LogP contribution in [-0.4, -0.2) is 19.6 Å². The standard InChI is InChI=1S/C14H23ClN2/c1-5-8-17(11(2)3)14-7-6-12(10-16-4)9-13(14)15/h6-7,9,11,16H,5,8,10H2,1-4H3. The molecule has 17 heavy (non-hydrogen) atoms. The molecule has 1 rings (SSSR count). The van der Waals surface area contributed by atoms with Crippen LogP contribution in [0.3, 0.4) is 0 Å². The van der Waals surface area contributed by atoms with Gasteiger partial charge in [-0.3, -0.25) is 0 Å². The molecule has 0 unspecified atom stereocenters. The van der Waals surface area contributed by atoms with Gasteiger partial charge in [-0.05, 0) is 45.0 Å². The van der Waals surface area contributed by atoms with Crippen molar-refractivity contribution in [1.29, 1.82) is 0 Å². The van der Waals surface area contributed by atoms with Crippen LogP contribution in [0.1, 0.15) is 32.8 Å². The van der Waals surface area contributed by atoms with Gasteiger partial charge in [0.2, 0.25) is 0 Å². The lowest BCUT2D eigenvalue weighted by Crippen LogP contribution is -2.31. The van der Waals surface area contributed by atoms with Gasteiger partial charge in [-0.2, -0.15) is 0 Å². The van der Waals surface area contributed by atoms with E-state index in [1.165, 1.54) is 5.56 Å². The fourth-order valence-corrected chi connectivity index (χ4v) is 2.31. The van der Waals surface area contributed by atoms with Crippen LogP contribution in [0.2, 0.25) is 5.02 Å².